The number of benzene rings is 2. The number of methoxy groups -OCH3 is 2. The Morgan fingerprint density at radius 1 is 1.03 bits per heavy atom. The molecule has 0 fully saturated rings. The Kier molecular flexibility index (Phi) is 15.6. The van der Waals surface area contributed by atoms with E-state index in [0.717, 1.165) is 17.2 Å². The molecule has 0 heterocycles. The first-order valence-corrected chi connectivity index (χ1v) is 11.3. The number of hydrogen-bond donors (Lipinski definition) is 2. The summed E-state index contributed by atoms with van der Waals surface area (Å²) >= 11 is 0. The van der Waals surface area contributed by atoms with Crippen LogP contribution < -0.4 is 4.74 Å². The summed E-state index contributed by atoms with van der Waals surface area (Å²) in [5.74, 6) is -0.970. The smallest absolute Gasteiger partial charge is 0.305 e. The first-order valence-electron chi connectivity index (χ1n) is 11.3. The molecule has 2 aromatic rings. The number of rotatable bonds is 8. The van der Waals surface area contributed by atoms with E-state index in [1.54, 1.807) is 12.1 Å². The summed E-state index contributed by atoms with van der Waals surface area (Å²) in [7, 11) is 2.73. The van der Waals surface area contributed by atoms with Crippen LogP contribution >= 0.6 is 0 Å². The lowest BCUT2D eigenvalue weighted by Gasteiger charge is -2.10. The molecule has 0 unspecified atom stereocenters. The summed E-state index contributed by atoms with van der Waals surface area (Å²) < 4.78 is 29.5. The topological polar surface area (TPSA) is 101 Å². The van der Waals surface area contributed by atoms with E-state index in [-0.39, 0.29) is 48.7 Å². The van der Waals surface area contributed by atoms with Crippen molar-refractivity contribution in [1.29, 1.82) is 5.41 Å². The molecule has 0 radical (unpaired) electrons. The van der Waals surface area contributed by atoms with E-state index in [0.29, 0.717) is 12.0 Å². The Labute approximate surface area is 202 Å². The summed E-state index contributed by atoms with van der Waals surface area (Å²) in [6.45, 7) is 9.92. The third-order valence-corrected chi connectivity index (χ3v) is 4.39. The van der Waals surface area contributed by atoms with Crippen molar-refractivity contribution in [2.45, 2.75) is 54.1 Å². The van der Waals surface area contributed by atoms with Gasteiger partial charge in [-0.05, 0) is 54.8 Å². The number of ether oxygens (including phenoxy) is 3. The van der Waals surface area contributed by atoms with Crippen LogP contribution in [0.4, 0.5) is 4.39 Å². The van der Waals surface area contributed by atoms with E-state index in [2.05, 4.69) is 9.73 Å². The summed E-state index contributed by atoms with van der Waals surface area (Å²) in [6, 6.07) is 9.42. The molecule has 0 aliphatic heterocycles. The molecule has 0 aliphatic carbocycles. The number of nitrogens with one attached hydrogen (secondary N) is 1. The Morgan fingerprint density at radius 2 is 1.68 bits per heavy atom. The number of aryl methyl sites for hydroxylation is 1. The van der Waals surface area contributed by atoms with E-state index in [1.165, 1.54) is 26.4 Å². The molecule has 34 heavy (non-hydrogen) atoms. The molecule has 2 aromatic carbocycles. The van der Waals surface area contributed by atoms with Crippen molar-refractivity contribution in [3.8, 4) is 5.75 Å². The Hall–Kier alpha value is -3.26. The average molecular weight is 477 g/mol. The highest BCUT2D eigenvalue weighted by Crippen LogP contribution is 2.20. The zero-order chi connectivity index (χ0) is 26.1. The van der Waals surface area contributed by atoms with Crippen molar-refractivity contribution in [1.82, 2.24) is 0 Å². The molecular weight excluding hydrogens is 439 g/mol. The lowest BCUT2D eigenvalue weighted by Crippen LogP contribution is -2.09. The minimum absolute atomic E-state index is 0.0264. The van der Waals surface area contributed by atoms with Crippen molar-refractivity contribution in [3.05, 3.63) is 64.5 Å². The van der Waals surface area contributed by atoms with E-state index >= 15 is 0 Å². The quantitative estimate of drug-likeness (QED) is 0.229. The summed E-state index contributed by atoms with van der Waals surface area (Å²) in [6.07, 6.45) is 0.587. The van der Waals surface area contributed by atoms with Gasteiger partial charge in [0.15, 0.2) is 17.4 Å². The second-order valence-electron chi connectivity index (χ2n) is 6.44. The fourth-order valence-corrected chi connectivity index (χ4v) is 2.63. The van der Waals surface area contributed by atoms with Crippen molar-refractivity contribution in [2.24, 2.45) is 4.99 Å². The van der Waals surface area contributed by atoms with Crippen LogP contribution in [-0.2, 0) is 20.9 Å². The highest BCUT2D eigenvalue weighted by molar-refractivity contribution is 6.08. The molecule has 0 atom stereocenters. The van der Waals surface area contributed by atoms with Crippen LogP contribution in [-0.4, -0.2) is 43.6 Å². The molecule has 0 aliphatic rings. The maximum atomic E-state index is 14.3. The van der Waals surface area contributed by atoms with Gasteiger partial charge in [0.1, 0.15) is 0 Å². The minimum Gasteiger partial charge on any atom is -0.491 e. The van der Waals surface area contributed by atoms with Crippen LogP contribution in [0.5, 0.6) is 5.75 Å². The van der Waals surface area contributed by atoms with Crippen molar-refractivity contribution in [2.75, 3.05) is 20.8 Å². The van der Waals surface area contributed by atoms with E-state index in [4.69, 9.17) is 14.9 Å². The molecular formula is C26H37FN2O5. The molecule has 0 aromatic heterocycles. The number of halogens is 1. The summed E-state index contributed by atoms with van der Waals surface area (Å²) in [5.41, 5.74) is 2.50. The second-order valence-corrected chi connectivity index (χ2v) is 6.44. The summed E-state index contributed by atoms with van der Waals surface area (Å²) in [5, 5.41) is 17.6. The van der Waals surface area contributed by atoms with E-state index in [1.807, 2.05) is 40.7 Å². The van der Waals surface area contributed by atoms with Crippen LogP contribution in [0.25, 0.3) is 0 Å². The van der Waals surface area contributed by atoms with Gasteiger partial charge in [-0.1, -0.05) is 33.8 Å². The predicted octanol–water partition coefficient (Wildman–Crippen LogP) is 5.43. The predicted molar refractivity (Wildman–Crippen MR) is 133 cm³/mol. The van der Waals surface area contributed by atoms with Gasteiger partial charge >= 0.3 is 5.97 Å². The molecule has 0 saturated carbocycles. The van der Waals surface area contributed by atoms with Crippen LogP contribution in [0, 0.1) is 18.2 Å². The molecule has 188 valence electrons. The fourth-order valence-electron chi connectivity index (χ4n) is 2.63. The van der Waals surface area contributed by atoms with Crippen molar-refractivity contribution in [3.63, 3.8) is 0 Å². The number of hydrogen-bond acceptors (Lipinski definition) is 6. The van der Waals surface area contributed by atoms with Gasteiger partial charge in [0, 0.05) is 17.5 Å². The first-order chi connectivity index (χ1) is 16.4. The molecule has 8 heteroatoms. The molecule has 0 saturated heterocycles. The molecule has 7 nitrogen and oxygen atoms in total. The largest absolute Gasteiger partial charge is 0.491 e. The molecule has 2 rings (SSSR count). The third kappa shape index (κ3) is 9.70. The maximum absolute atomic E-state index is 14.3. The van der Waals surface area contributed by atoms with Gasteiger partial charge in [-0.25, -0.2) is 4.39 Å². The standard InChI is InChI=1S/C22H25FN2O5.2C2H6/c1-14-6-7-16(11-17(14)13-26)22(29-3)25-21(24)15-8-9-19(18(23)12-15)30-10-4-5-20(27)28-2;2*1-2/h6-9,11-12,24,26H,4-5,10,13H2,1-3H3;2*1-2H3. The zero-order valence-corrected chi connectivity index (χ0v) is 21.2. The van der Waals surface area contributed by atoms with Crippen LogP contribution in [0.3, 0.4) is 0 Å². The zero-order valence-electron chi connectivity index (χ0n) is 21.2. The van der Waals surface area contributed by atoms with Gasteiger partial charge in [-0.3, -0.25) is 10.2 Å². The Morgan fingerprint density at radius 3 is 2.24 bits per heavy atom. The number of aliphatic imine (C=N–C) groups is 1. The SMILES string of the molecule is CC.CC.COC(=O)CCCOc1ccc(C(=N)N=C(OC)c2ccc(C)c(CO)c2)cc1F. The molecule has 0 bridgehead atoms. The van der Waals surface area contributed by atoms with E-state index < -0.39 is 5.82 Å². The van der Waals surface area contributed by atoms with Gasteiger partial charge in [0.05, 0.1) is 27.4 Å². The highest BCUT2D eigenvalue weighted by atomic mass is 19.1. The molecule has 2 N–H and O–H groups in total. The second kappa shape index (κ2) is 17.2. The average Bonchev–Trinajstić information content (AvgIpc) is 2.88. The first kappa shape index (κ1) is 30.7. The van der Waals surface area contributed by atoms with E-state index in [9.17, 15) is 14.3 Å². The number of aliphatic hydroxyl groups is 1. The molecule has 0 spiro atoms. The number of carbonyl (C=O) groups excluding carboxylic acids is 1. The van der Waals surface area contributed by atoms with Gasteiger partial charge in [-0.2, -0.15) is 4.99 Å². The van der Waals surface area contributed by atoms with Crippen LogP contribution in [0.1, 0.15) is 62.8 Å². The lowest BCUT2D eigenvalue weighted by atomic mass is 10.1. The van der Waals surface area contributed by atoms with Crippen LogP contribution in [0.2, 0.25) is 0 Å². The van der Waals surface area contributed by atoms with Gasteiger partial charge in [-0.15, -0.1) is 0 Å². The van der Waals surface area contributed by atoms with Gasteiger partial charge < -0.3 is 19.3 Å². The van der Waals surface area contributed by atoms with Crippen molar-refractivity contribution < 1.29 is 28.5 Å². The number of nitrogens with zero attached hydrogens (tertiary/aromatic N) is 1. The number of aliphatic hydroxyl groups excluding tert-OH is 1. The maximum Gasteiger partial charge on any atom is 0.305 e. The Bertz CT molecular complexity index is 945. The number of carbonyl (C=O) groups is 1. The summed E-state index contributed by atoms with van der Waals surface area (Å²) in [4.78, 5) is 15.2. The van der Waals surface area contributed by atoms with Gasteiger partial charge in [0.2, 0.25) is 5.90 Å². The fraction of sp³-hybridized carbons (Fsp3) is 0.423. The van der Waals surface area contributed by atoms with Crippen molar-refractivity contribution >= 4 is 17.7 Å². The minimum atomic E-state index is -0.637. The van der Waals surface area contributed by atoms with Crippen LogP contribution in [0.15, 0.2) is 41.4 Å². The monoisotopic (exact) mass is 476 g/mol. The third-order valence-electron chi connectivity index (χ3n) is 4.39. The lowest BCUT2D eigenvalue weighted by molar-refractivity contribution is -0.140. The molecule has 0 amide bonds. The normalized spacial score (nSPS) is 10.2. The van der Waals surface area contributed by atoms with Gasteiger partial charge in [0.25, 0.3) is 0 Å². The number of amidine groups is 1. The highest BCUT2D eigenvalue weighted by Gasteiger charge is 2.12. The Balaban J connectivity index is 0.00000258. The number of esters is 1.